The Hall–Kier alpha value is -2.11. The average Bonchev–Trinajstić information content (AvgIpc) is 3.18. The van der Waals surface area contributed by atoms with Gasteiger partial charge >= 0.3 is 0 Å². The number of aliphatic hydroxyl groups excluding tert-OH is 1. The lowest BCUT2D eigenvalue weighted by molar-refractivity contribution is 0.0240. The van der Waals surface area contributed by atoms with Gasteiger partial charge in [0, 0.05) is 22.8 Å². The van der Waals surface area contributed by atoms with Gasteiger partial charge in [0.2, 0.25) is 0 Å². The molecule has 1 saturated carbocycles. The fraction of sp³-hybridized carbons (Fsp3) is 0.350. The van der Waals surface area contributed by atoms with Crippen LogP contribution in [0.4, 0.5) is 0 Å². The van der Waals surface area contributed by atoms with Gasteiger partial charge in [0.1, 0.15) is 5.69 Å². The molecular formula is C20H22N2O2S. The Morgan fingerprint density at radius 2 is 2.04 bits per heavy atom. The summed E-state index contributed by atoms with van der Waals surface area (Å²) in [4.78, 5) is 14.3. The van der Waals surface area contributed by atoms with Crippen LogP contribution in [0.2, 0.25) is 0 Å². The minimum absolute atomic E-state index is 0.0340. The van der Waals surface area contributed by atoms with Gasteiger partial charge in [0.05, 0.1) is 12.1 Å². The summed E-state index contributed by atoms with van der Waals surface area (Å²) in [7, 11) is 1.94. The zero-order valence-corrected chi connectivity index (χ0v) is 15.2. The summed E-state index contributed by atoms with van der Waals surface area (Å²) in [6.45, 7) is 2.00. The van der Waals surface area contributed by atoms with Crippen LogP contribution in [0.25, 0.3) is 10.9 Å². The van der Waals surface area contributed by atoms with Crippen LogP contribution in [0.15, 0.2) is 41.8 Å². The van der Waals surface area contributed by atoms with Crippen molar-refractivity contribution in [3.05, 3.63) is 57.9 Å². The lowest BCUT2D eigenvalue weighted by Crippen LogP contribution is -2.41. The highest BCUT2D eigenvalue weighted by Gasteiger charge is 2.36. The lowest BCUT2D eigenvalue weighted by Gasteiger charge is -2.37. The number of para-hydroxylation sites is 1. The number of hydrogen-bond acceptors (Lipinski definition) is 3. The minimum Gasteiger partial charge on any atom is -0.393 e. The van der Waals surface area contributed by atoms with Crippen LogP contribution < -0.4 is 5.32 Å². The van der Waals surface area contributed by atoms with Crippen LogP contribution in [-0.2, 0) is 7.05 Å². The molecule has 1 amide bonds. The number of aliphatic hydroxyl groups is 1. The van der Waals surface area contributed by atoms with Crippen molar-refractivity contribution in [1.82, 2.24) is 9.88 Å². The number of hydrogen-bond donors (Lipinski definition) is 2. The van der Waals surface area contributed by atoms with E-state index in [-0.39, 0.29) is 18.1 Å². The van der Waals surface area contributed by atoms with Crippen molar-refractivity contribution in [2.45, 2.75) is 31.9 Å². The van der Waals surface area contributed by atoms with Gasteiger partial charge in [-0.3, -0.25) is 4.79 Å². The molecule has 1 unspecified atom stereocenters. The molecule has 1 fully saturated rings. The Labute approximate surface area is 151 Å². The van der Waals surface area contributed by atoms with Crippen molar-refractivity contribution >= 4 is 28.1 Å². The predicted octanol–water partition coefficient (Wildman–Crippen LogP) is 3.79. The first-order chi connectivity index (χ1) is 12.1. The number of carbonyl (C=O) groups is 1. The maximum Gasteiger partial charge on any atom is 0.268 e. The third kappa shape index (κ3) is 2.77. The molecule has 0 aliphatic heterocycles. The van der Waals surface area contributed by atoms with Gasteiger partial charge in [0.15, 0.2) is 0 Å². The van der Waals surface area contributed by atoms with E-state index in [9.17, 15) is 9.90 Å². The first kappa shape index (κ1) is 16.4. The van der Waals surface area contributed by atoms with Crippen molar-refractivity contribution in [1.29, 1.82) is 0 Å². The summed E-state index contributed by atoms with van der Waals surface area (Å²) in [6.07, 6.45) is 1.26. The van der Waals surface area contributed by atoms with Crippen LogP contribution in [0.1, 0.15) is 39.8 Å². The molecule has 4 rings (SSSR count). The van der Waals surface area contributed by atoms with Gasteiger partial charge in [-0.25, -0.2) is 0 Å². The highest BCUT2D eigenvalue weighted by atomic mass is 32.1. The molecule has 2 N–H and O–H groups in total. The smallest absolute Gasteiger partial charge is 0.268 e. The van der Waals surface area contributed by atoms with Crippen molar-refractivity contribution in [3.63, 3.8) is 0 Å². The summed E-state index contributed by atoms with van der Waals surface area (Å²) in [5.41, 5.74) is 2.79. The predicted molar refractivity (Wildman–Crippen MR) is 101 cm³/mol. The van der Waals surface area contributed by atoms with E-state index in [1.807, 2.05) is 48.2 Å². The van der Waals surface area contributed by atoms with E-state index in [1.165, 1.54) is 0 Å². The molecule has 0 spiro atoms. The number of fused-ring (bicyclic) bond motifs is 1. The van der Waals surface area contributed by atoms with Crippen molar-refractivity contribution < 1.29 is 9.90 Å². The summed E-state index contributed by atoms with van der Waals surface area (Å²) in [5.74, 6) is 0.253. The maximum atomic E-state index is 13.1. The van der Waals surface area contributed by atoms with Crippen molar-refractivity contribution in [3.8, 4) is 0 Å². The highest BCUT2D eigenvalue weighted by molar-refractivity contribution is 7.10. The molecule has 4 nitrogen and oxygen atoms in total. The van der Waals surface area contributed by atoms with Gasteiger partial charge in [-0.15, -0.1) is 11.3 Å². The molecule has 0 radical (unpaired) electrons. The summed E-state index contributed by atoms with van der Waals surface area (Å²) >= 11 is 1.66. The Morgan fingerprint density at radius 3 is 2.68 bits per heavy atom. The number of carbonyl (C=O) groups excluding carboxylic acids is 1. The Bertz CT molecular complexity index is 868. The minimum atomic E-state index is -0.233. The number of thiophene rings is 1. The molecule has 1 aliphatic rings. The summed E-state index contributed by atoms with van der Waals surface area (Å²) < 4.78 is 1.97. The van der Waals surface area contributed by atoms with Gasteiger partial charge in [-0.2, -0.15) is 0 Å². The zero-order chi connectivity index (χ0) is 17.6. The molecule has 1 aromatic carbocycles. The number of nitrogens with zero attached hydrogens (tertiary/aromatic N) is 1. The number of nitrogens with one attached hydrogen (secondary N) is 1. The van der Waals surface area contributed by atoms with Crippen LogP contribution in [0.3, 0.4) is 0 Å². The van der Waals surface area contributed by atoms with Crippen molar-refractivity contribution in [2.24, 2.45) is 13.0 Å². The molecule has 2 aromatic heterocycles. The van der Waals surface area contributed by atoms with E-state index < -0.39 is 0 Å². The fourth-order valence-corrected chi connectivity index (χ4v) is 4.78. The van der Waals surface area contributed by atoms with Crippen LogP contribution in [-0.4, -0.2) is 21.7 Å². The molecular weight excluding hydrogens is 332 g/mol. The van der Waals surface area contributed by atoms with E-state index in [2.05, 4.69) is 17.4 Å². The molecule has 0 saturated heterocycles. The topological polar surface area (TPSA) is 54.3 Å². The number of aromatic nitrogens is 1. The van der Waals surface area contributed by atoms with Crippen LogP contribution >= 0.6 is 11.3 Å². The molecule has 1 aliphatic carbocycles. The van der Waals surface area contributed by atoms with Gasteiger partial charge < -0.3 is 15.0 Å². The molecule has 25 heavy (non-hydrogen) atoms. The zero-order valence-electron chi connectivity index (χ0n) is 14.4. The van der Waals surface area contributed by atoms with E-state index in [0.29, 0.717) is 11.6 Å². The number of amides is 1. The second-order valence-electron chi connectivity index (χ2n) is 6.90. The third-order valence-electron chi connectivity index (χ3n) is 5.33. The molecule has 130 valence electrons. The van der Waals surface area contributed by atoms with E-state index in [1.54, 1.807) is 11.3 Å². The second kappa shape index (κ2) is 6.32. The van der Waals surface area contributed by atoms with Crippen LogP contribution in [0.5, 0.6) is 0 Å². The fourth-order valence-electron chi connectivity index (χ4n) is 3.91. The monoisotopic (exact) mass is 354 g/mol. The summed E-state index contributed by atoms with van der Waals surface area (Å²) in [6, 6.07) is 12.1. The second-order valence-corrected chi connectivity index (χ2v) is 7.88. The van der Waals surface area contributed by atoms with Crippen LogP contribution in [0, 0.1) is 12.8 Å². The lowest BCUT2D eigenvalue weighted by atomic mass is 9.76. The van der Waals surface area contributed by atoms with Gasteiger partial charge in [-0.1, -0.05) is 24.3 Å². The SMILES string of the molecule is Cc1c(C(=O)NC(c2cccs2)C2CC(O)C2)n(C)c2ccccc12. The highest BCUT2D eigenvalue weighted by Crippen LogP contribution is 2.40. The Balaban J connectivity index is 1.66. The Kier molecular flexibility index (Phi) is 4.13. The van der Waals surface area contributed by atoms with E-state index >= 15 is 0 Å². The first-order valence-corrected chi connectivity index (χ1v) is 9.50. The normalized spacial score (nSPS) is 21.1. The molecule has 5 heteroatoms. The molecule has 1 atom stereocenters. The first-order valence-electron chi connectivity index (χ1n) is 8.62. The number of benzene rings is 1. The number of rotatable bonds is 4. The van der Waals surface area contributed by atoms with Gasteiger partial charge in [0.25, 0.3) is 5.91 Å². The van der Waals surface area contributed by atoms with Gasteiger partial charge in [-0.05, 0) is 48.8 Å². The maximum absolute atomic E-state index is 13.1. The third-order valence-corrected chi connectivity index (χ3v) is 6.29. The molecule has 0 bridgehead atoms. The average molecular weight is 354 g/mol. The standard InChI is InChI=1S/C20H22N2O2S/c1-12-15-6-3-4-7-16(15)22(2)19(12)20(24)21-18(13-10-14(23)11-13)17-8-5-9-25-17/h3-9,13-14,18,23H,10-11H2,1-2H3,(H,21,24). The molecule has 2 heterocycles. The van der Waals surface area contributed by atoms with Crippen molar-refractivity contribution in [2.75, 3.05) is 0 Å². The number of aryl methyl sites for hydroxylation is 2. The quantitative estimate of drug-likeness (QED) is 0.749. The largest absolute Gasteiger partial charge is 0.393 e. The van der Waals surface area contributed by atoms with E-state index in [0.717, 1.165) is 34.2 Å². The molecule has 3 aromatic rings. The summed E-state index contributed by atoms with van der Waals surface area (Å²) in [5, 5.41) is 16.1. The Morgan fingerprint density at radius 1 is 1.28 bits per heavy atom. The van der Waals surface area contributed by atoms with E-state index in [4.69, 9.17) is 0 Å².